The lowest BCUT2D eigenvalue weighted by Crippen LogP contribution is -2.51. The van der Waals surface area contributed by atoms with Crippen LogP contribution in [0.25, 0.3) is 0 Å². The van der Waals surface area contributed by atoms with E-state index < -0.39 is 0 Å². The molecular formula is C17H27N3O4. The first-order valence-corrected chi connectivity index (χ1v) is 8.97. The van der Waals surface area contributed by atoms with E-state index in [-0.39, 0.29) is 18.1 Å². The average Bonchev–Trinajstić information content (AvgIpc) is 3.05. The molecule has 134 valence electrons. The molecule has 1 saturated heterocycles. The van der Waals surface area contributed by atoms with Gasteiger partial charge in [0, 0.05) is 31.5 Å². The lowest BCUT2D eigenvalue weighted by atomic mass is 9.82. The smallest absolute Gasteiger partial charge is 0.240 e. The van der Waals surface area contributed by atoms with Gasteiger partial charge in [0.05, 0.1) is 19.8 Å². The van der Waals surface area contributed by atoms with E-state index in [9.17, 15) is 4.79 Å². The molecule has 24 heavy (non-hydrogen) atoms. The third-order valence-electron chi connectivity index (χ3n) is 4.95. The Bertz CT molecular complexity index is 548. The Labute approximate surface area is 142 Å². The second-order valence-electron chi connectivity index (χ2n) is 6.58. The molecule has 0 bridgehead atoms. The SMILES string of the molecule is CCO[C@H](C)c1noc(CN2CCOC[C@@H]2[C@H]2CCCCC2=O)n1. The minimum Gasteiger partial charge on any atom is -0.378 e. The number of hydrogen-bond acceptors (Lipinski definition) is 7. The third kappa shape index (κ3) is 4.02. The van der Waals surface area contributed by atoms with Crippen LogP contribution in [-0.4, -0.2) is 53.2 Å². The van der Waals surface area contributed by atoms with Gasteiger partial charge in [-0.1, -0.05) is 11.6 Å². The summed E-state index contributed by atoms with van der Waals surface area (Å²) in [4.78, 5) is 19.0. The lowest BCUT2D eigenvalue weighted by molar-refractivity contribution is -0.131. The summed E-state index contributed by atoms with van der Waals surface area (Å²) >= 11 is 0. The van der Waals surface area contributed by atoms with Crippen molar-refractivity contribution in [3.8, 4) is 0 Å². The van der Waals surface area contributed by atoms with E-state index in [0.717, 1.165) is 25.8 Å². The third-order valence-corrected chi connectivity index (χ3v) is 4.95. The van der Waals surface area contributed by atoms with Crippen LogP contribution in [0.2, 0.25) is 0 Å². The highest BCUT2D eigenvalue weighted by Gasteiger charge is 2.36. The molecule has 3 rings (SSSR count). The Balaban J connectivity index is 1.66. The number of carbonyl (C=O) groups excluding carboxylic acids is 1. The molecule has 2 heterocycles. The maximum Gasteiger partial charge on any atom is 0.240 e. The van der Waals surface area contributed by atoms with Gasteiger partial charge in [0.1, 0.15) is 11.9 Å². The van der Waals surface area contributed by atoms with Crippen LogP contribution in [0.15, 0.2) is 4.52 Å². The summed E-state index contributed by atoms with van der Waals surface area (Å²) < 4.78 is 16.5. The molecule has 1 aromatic rings. The second-order valence-corrected chi connectivity index (χ2v) is 6.58. The Hall–Kier alpha value is -1.31. The van der Waals surface area contributed by atoms with Gasteiger partial charge in [-0.2, -0.15) is 4.98 Å². The summed E-state index contributed by atoms with van der Waals surface area (Å²) in [5.41, 5.74) is 0. The Morgan fingerprint density at radius 2 is 2.29 bits per heavy atom. The summed E-state index contributed by atoms with van der Waals surface area (Å²) in [7, 11) is 0. The van der Waals surface area contributed by atoms with E-state index in [2.05, 4.69) is 15.0 Å². The standard InChI is InChI=1S/C17H27N3O4/c1-3-23-12(2)17-18-16(24-19-17)10-20-8-9-22-11-14(20)13-6-4-5-7-15(13)21/h12-14H,3-11H2,1-2H3/t12-,13-,14-/m1/s1. The van der Waals surface area contributed by atoms with E-state index in [4.69, 9.17) is 14.0 Å². The van der Waals surface area contributed by atoms with Crippen molar-refractivity contribution >= 4 is 5.78 Å². The van der Waals surface area contributed by atoms with Crippen molar-refractivity contribution in [1.29, 1.82) is 0 Å². The Morgan fingerprint density at radius 1 is 1.42 bits per heavy atom. The fraction of sp³-hybridized carbons (Fsp3) is 0.824. The number of ether oxygens (including phenoxy) is 2. The van der Waals surface area contributed by atoms with Crippen molar-refractivity contribution in [1.82, 2.24) is 15.0 Å². The summed E-state index contributed by atoms with van der Waals surface area (Å²) in [6.07, 6.45) is 3.63. The predicted molar refractivity (Wildman–Crippen MR) is 86.3 cm³/mol. The summed E-state index contributed by atoms with van der Waals surface area (Å²) in [6, 6.07) is 0.117. The quantitative estimate of drug-likeness (QED) is 0.787. The Morgan fingerprint density at radius 3 is 3.08 bits per heavy atom. The van der Waals surface area contributed by atoms with Crippen molar-refractivity contribution < 1.29 is 18.8 Å². The van der Waals surface area contributed by atoms with Gasteiger partial charge in [-0.3, -0.25) is 9.69 Å². The molecule has 0 amide bonds. The van der Waals surface area contributed by atoms with Gasteiger partial charge < -0.3 is 14.0 Å². The van der Waals surface area contributed by atoms with Crippen LogP contribution in [0.3, 0.4) is 0 Å². The van der Waals surface area contributed by atoms with Gasteiger partial charge in [0.25, 0.3) is 0 Å². The van der Waals surface area contributed by atoms with Crippen LogP contribution in [-0.2, 0) is 20.8 Å². The van der Waals surface area contributed by atoms with E-state index in [0.29, 0.717) is 50.3 Å². The predicted octanol–water partition coefficient (Wildman–Crippen LogP) is 2.13. The molecule has 0 N–H and O–H groups in total. The van der Waals surface area contributed by atoms with Crippen molar-refractivity contribution in [2.75, 3.05) is 26.4 Å². The molecule has 2 fully saturated rings. The topological polar surface area (TPSA) is 77.7 Å². The summed E-state index contributed by atoms with van der Waals surface area (Å²) in [5.74, 6) is 1.60. The number of rotatable bonds is 6. The van der Waals surface area contributed by atoms with Crippen LogP contribution in [0, 0.1) is 5.92 Å². The zero-order chi connectivity index (χ0) is 16.9. The lowest BCUT2D eigenvalue weighted by Gasteiger charge is -2.40. The van der Waals surface area contributed by atoms with Crippen LogP contribution in [0.5, 0.6) is 0 Å². The zero-order valence-electron chi connectivity index (χ0n) is 14.6. The first-order valence-electron chi connectivity index (χ1n) is 8.97. The minimum atomic E-state index is -0.173. The monoisotopic (exact) mass is 337 g/mol. The molecular weight excluding hydrogens is 310 g/mol. The first-order chi connectivity index (χ1) is 11.7. The zero-order valence-corrected chi connectivity index (χ0v) is 14.6. The van der Waals surface area contributed by atoms with E-state index >= 15 is 0 Å². The summed E-state index contributed by atoms with van der Waals surface area (Å²) in [6.45, 7) is 7.09. The molecule has 0 spiro atoms. The Kier molecular flexibility index (Phi) is 5.97. The van der Waals surface area contributed by atoms with Gasteiger partial charge in [-0.15, -0.1) is 0 Å². The fourth-order valence-electron chi connectivity index (χ4n) is 3.64. The number of aromatic nitrogens is 2. The van der Waals surface area contributed by atoms with Crippen LogP contribution >= 0.6 is 0 Å². The molecule has 0 unspecified atom stereocenters. The van der Waals surface area contributed by atoms with Crippen molar-refractivity contribution in [2.24, 2.45) is 5.92 Å². The molecule has 7 heteroatoms. The molecule has 1 saturated carbocycles. The van der Waals surface area contributed by atoms with Crippen molar-refractivity contribution in [3.63, 3.8) is 0 Å². The average molecular weight is 337 g/mol. The number of morpholine rings is 1. The second kappa shape index (κ2) is 8.18. The van der Waals surface area contributed by atoms with Gasteiger partial charge in [0.15, 0.2) is 5.82 Å². The molecule has 2 aliphatic rings. The highest BCUT2D eigenvalue weighted by Crippen LogP contribution is 2.29. The van der Waals surface area contributed by atoms with Crippen LogP contribution < -0.4 is 0 Å². The van der Waals surface area contributed by atoms with Gasteiger partial charge in [-0.05, 0) is 26.7 Å². The summed E-state index contributed by atoms with van der Waals surface area (Å²) in [5, 5.41) is 4.02. The van der Waals surface area contributed by atoms with Crippen LogP contribution in [0.4, 0.5) is 0 Å². The highest BCUT2D eigenvalue weighted by atomic mass is 16.5. The number of Topliss-reactive ketones (excluding diaryl/α,β-unsaturated/α-hetero) is 1. The van der Waals surface area contributed by atoms with E-state index in [1.807, 2.05) is 13.8 Å². The molecule has 3 atom stereocenters. The van der Waals surface area contributed by atoms with E-state index in [1.54, 1.807) is 0 Å². The normalized spacial score (nSPS) is 27.3. The molecule has 0 radical (unpaired) electrons. The van der Waals surface area contributed by atoms with Crippen molar-refractivity contribution in [2.45, 2.75) is 58.2 Å². The molecule has 1 aromatic heterocycles. The molecule has 1 aliphatic carbocycles. The number of carbonyl (C=O) groups is 1. The maximum atomic E-state index is 12.3. The molecule has 7 nitrogen and oxygen atoms in total. The van der Waals surface area contributed by atoms with Gasteiger partial charge in [0.2, 0.25) is 5.89 Å². The number of hydrogen-bond donors (Lipinski definition) is 0. The first kappa shape index (κ1) is 17.5. The maximum absolute atomic E-state index is 12.3. The largest absolute Gasteiger partial charge is 0.378 e. The fourth-order valence-corrected chi connectivity index (χ4v) is 3.64. The number of nitrogens with zero attached hydrogens (tertiary/aromatic N) is 3. The van der Waals surface area contributed by atoms with E-state index in [1.165, 1.54) is 0 Å². The molecule has 1 aliphatic heterocycles. The van der Waals surface area contributed by atoms with Gasteiger partial charge in [-0.25, -0.2) is 0 Å². The van der Waals surface area contributed by atoms with Crippen molar-refractivity contribution in [3.05, 3.63) is 11.7 Å². The van der Waals surface area contributed by atoms with Crippen LogP contribution in [0.1, 0.15) is 57.3 Å². The minimum absolute atomic E-state index is 0.0730. The van der Waals surface area contributed by atoms with Gasteiger partial charge >= 0.3 is 0 Å². The molecule has 0 aromatic carbocycles. The number of ketones is 1. The highest BCUT2D eigenvalue weighted by molar-refractivity contribution is 5.82.